The first-order valence-electron chi connectivity index (χ1n) is 6.02. The van der Waals surface area contributed by atoms with Crippen molar-refractivity contribution in [2.45, 2.75) is 16.7 Å². The van der Waals surface area contributed by atoms with Gasteiger partial charge in [0, 0.05) is 11.8 Å². The lowest BCUT2D eigenvalue weighted by Gasteiger charge is -2.07. The van der Waals surface area contributed by atoms with E-state index in [9.17, 15) is 21.6 Å². The van der Waals surface area contributed by atoms with E-state index in [1.807, 2.05) is 4.72 Å². The molecular formula is C13H13NO6S2. The molecule has 0 unspecified atom stereocenters. The minimum Gasteiger partial charge on any atom is -0.459 e. The van der Waals surface area contributed by atoms with Crippen molar-refractivity contribution in [3.8, 4) is 0 Å². The van der Waals surface area contributed by atoms with E-state index in [2.05, 4.69) is 0 Å². The Hall–Kier alpha value is -2.13. The minimum atomic E-state index is -4.21. The summed E-state index contributed by atoms with van der Waals surface area (Å²) in [5.41, 5.74) is 0.484. The van der Waals surface area contributed by atoms with Crippen LogP contribution in [0.2, 0.25) is 0 Å². The van der Waals surface area contributed by atoms with Gasteiger partial charge in [0.05, 0.1) is 16.1 Å². The van der Waals surface area contributed by atoms with Gasteiger partial charge in [0.15, 0.2) is 15.6 Å². The van der Waals surface area contributed by atoms with Crippen molar-refractivity contribution in [1.29, 1.82) is 0 Å². The summed E-state index contributed by atoms with van der Waals surface area (Å²) in [7, 11) is -7.77. The number of sulfonamides is 1. The van der Waals surface area contributed by atoms with E-state index in [1.165, 1.54) is 30.5 Å². The van der Waals surface area contributed by atoms with Crippen LogP contribution in [-0.2, 0) is 19.9 Å². The van der Waals surface area contributed by atoms with Crippen LogP contribution in [0.15, 0.2) is 50.8 Å². The zero-order valence-corrected chi connectivity index (χ0v) is 13.4. The molecule has 0 fully saturated rings. The van der Waals surface area contributed by atoms with Gasteiger partial charge in [0.2, 0.25) is 0 Å². The van der Waals surface area contributed by atoms with Gasteiger partial charge in [-0.05, 0) is 31.2 Å². The Morgan fingerprint density at radius 2 is 1.73 bits per heavy atom. The molecule has 0 atom stereocenters. The molecular weight excluding hydrogens is 330 g/mol. The van der Waals surface area contributed by atoms with Crippen molar-refractivity contribution >= 4 is 25.8 Å². The van der Waals surface area contributed by atoms with Crippen LogP contribution in [0.25, 0.3) is 0 Å². The first-order chi connectivity index (χ1) is 10.1. The fourth-order valence-corrected chi connectivity index (χ4v) is 3.44. The van der Waals surface area contributed by atoms with Gasteiger partial charge in [-0.2, -0.15) is 0 Å². The van der Waals surface area contributed by atoms with E-state index < -0.39 is 25.8 Å². The Morgan fingerprint density at radius 1 is 1.09 bits per heavy atom. The van der Waals surface area contributed by atoms with Crippen molar-refractivity contribution in [1.82, 2.24) is 4.72 Å². The zero-order valence-electron chi connectivity index (χ0n) is 11.7. The summed E-state index contributed by atoms with van der Waals surface area (Å²) < 4.78 is 54.0. The maximum atomic E-state index is 12.2. The topological polar surface area (TPSA) is 111 Å². The third kappa shape index (κ3) is 3.37. The molecule has 0 spiro atoms. The highest BCUT2D eigenvalue weighted by atomic mass is 32.2. The number of hydrogen-bond acceptors (Lipinski definition) is 6. The van der Waals surface area contributed by atoms with E-state index in [0.29, 0.717) is 5.56 Å². The average molecular weight is 343 g/mol. The summed E-state index contributed by atoms with van der Waals surface area (Å²) in [4.78, 5) is 11.4. The summed E-state index contributed by atoms with van der Waals surface area (Å²) >= 11 is 0. The lowest BCUT2D eigenvalue weighted by atomic mass is 10.3. The number of benzene rings is 1. The number of sulfone groups is 1. The Bertz CT molecular complexity index is 925. The number of carbonyl (C=O) groups excluding carboxylic acids is 1. The molecule has 0 bridgehead atoms. The molecule has 1 amide bonds. The van der Waals surface area contributed by atoms with Gasteiger partial charge in [-0.3, -0.25) is 4.79 Å². The van der Waals surface area contributed by atoms with Crippen LogP contribution in [0.1, 0.15) is 16.1 Å². The predicted molar refractivity (Wildman–Crippen MR) is 77.6 cm³/mol. The molecule has 0 aliphatic heterocycles. The van der Waals surface area contributed by atoms with E-state index in [0.717, 1.165) is 12.3 Å². The number of furan rings is 1. The van der Waals surface area contributed by atoms with Crippen LogP contribution in [-0.4, -0.2) is 29.0 Å². The molecule has 118 valence electrons. The summed E-state index contributed by atoms with van der Waals surface area (Å²) in [6.07, 6.45) is 2.23. The SMILES string of the molecule is Cc1ccoc1C(=O)NS(=O)(=O)c1cccc(S(C)(=O)=O)c1. The van der Waals surface area contributed by atoms with Crippen molar-refractivity contribution in [2.75, 3.05) is 6.26 Å². The Morgan fingerprint density at radius 3 is 2.27 bits per heavy atom. The highest BCUT2D eigenvalue weighted by Crippen LogP contribution is 2.16. The molecule has 0 saturated heterocycles. The summed E-state index contributed by atoms with van der Waals surface area (Å²) in [5, 5.41) is 0. The molecule has 0 radical (unpaired) electrons. The monoisotopic (exact) mass is 343 g/mol. The number of amides is 1. The Labute approximate surface area is 127 Å². The lowest BCUT2D eigenvalue weighted by molar-refractivity contribution is 0.0953. The number of aryl methyl sites for hydroxylation is 1. The van der Waals surface area contributed by atoms with Crippen molar-refractivity contribution in [2.24, 2.45) is 0 Å². The van der Waals surface area contributed by atoms with Crippen LogP contribution in [0.4, 0.5) is 0 Å². The van der Waals surface area contributed by atoms with Crippen LogP contribution >= 0.6 is 0 Å². The van der Waals surface area contributed by atoms with Gasteiger partial charge in [0.25, 0.3) is 10.0 Å². The molecule has 1 aromatic heterocycles. The third-order valence-electron chi connectivity index (χ3n) is 2.84. The van der Waals surface area contributed by atoms with Gasteiger partial charge < -0.3 is 4.42 Å². The molecule has 1 heterocycles. The quantitative estimate of drug-likeness (QED) is 0.890. The third-order valence-corrected chi connectivity index (χ3v) is 5.28. The molecule has 1 N–H and O–H groups in total. The largest absolute Gasteiger partial charge is 0.459 e. The van der Waals surface area contributed by atoms with E-state index in [4.69, 9.17) is 4.42 Å². The maximum Gasteiger partial charge on any atom is 0.300 e. The van der Waals surface area contributed by atoms with Crippen LogP contribution in [0.5, 0.6) is 0 Å². The van der Waals surface area contributed by atoms with Crippen LogP contribution < -0.4 is 4.72 Å². The highest BCUT2D eigenvalue weighted by molar-refractivity contribution is 7.91. The second-order valence-electron chi connectivity index (χ2n) is 4.61. The molecule has 0 aliphatic carbocycles. The van der Waals surface area contributed by atoms with E-state index in [1.54, 1.807) is 6.92 Å². The summed E-state index contributed by atoms with van der Waals surface area (Å²) in [6.45, 7) is 1.59. The molecule has 2 aromatic rings. The molecule has 2 rings (SSSR count). The normalized spacial score (nSPS) is 12.1. The predicted octanol–water partition coefficient (Wildman–Crippen LogP) is 1.11. The van der Waals surface area contributed by atoms with Gasteiger partial charge in [-0.25, -0.2) is 21.6 Å². The first-order valence-corrected chi connectivity index (χ1v) is 9.40. The number of nitrogens with one attached hydrogen (secondary N) is 1. The lowest BCUT2D eigenvalue weighted by Crippen LogP contribution is -2.30. The van der Waals surface area contributed by atoms with Crippen molar-refractivity contribution in [3.05, 3.63) is 47.9 Å². The molecule has 1 aromatic carbocycles. The molecule has 0 saturated carbocycles. The minimum absolute atomic E-state index is 0.122. The van der Waals surface area contributed by atoms with Gasteiger partial charge in [-0.15, -0.1) is 0 Å². The average Bonchev–Trinajstić information content (AvgIpc) is 2.84. The van der Waals surface area contributed by atoms with Gasteiger partial charge in [-0.1, -0.05) is 6.07 Å². The maximum absolute atomic E-state index is 12.2. The second kappa shape index (κ2) is 5.58. The highest BCUT2D eigenvalue weighted by Gasteiger charge is 2.23. The Kier molecular flexibility index (Phi) is 4.12. The van der Waals surface area contributed by atoms with Crippen molar-refractivity contribution < 1.29 is 26.0 Å². The second-order valence-corrected chi connectivity index (χ2v) is 8.31. The fraction of sp³-hybridized carbons (Fsp3) is 0.154. The summed E-state index contributed by atoms with van der Waals surface area (Å²) in [6, 6.07) is 6.26. The Balaban J connectivity index is 2.36. The smallest absolute Gasteiger partial charge is 0.300 e. The van der Waals surface area contributed by atoms with E-state index in [-0.39, 0.29) is 15.6 Å². The molecule has 0 aliphatic rings. The number of carbonyl (C=O) groups is 1. The molecule has 7 nitrogen and oxygen atoms in total. The van der Waals surface area contributed by atoms with Gasteiger partial charge in [0.1, 0.15) is 0 Å². The van der Waals surface area contributed by atoms with Crippen LogP contribution in [0, 0.1) is 6.92 Å². The fourth-order valence-electron chi connectivity index (χ4n) is 1.70. The number of hydrogen-bond donors (Lipinski definition) is 1. The summed E-state index contributed by atoms with van der Waals surface area (Å²) in [5.74, 6) is -1.05. The number of rotatable bonds is 4. The van der Waals surface area contributed by atoms with Crippen molar-refractivity contribution in [3.63, 3.8) is 0 Å². The standard InChI is InChI=1S/C13H13NO6S2/c1-9-6-7-20-12(9)13(15)14-22(18,19)11-5-3-4-10(8-11)21(2,16)17/h3-8H,1-2H3,(H,14,15). The van der Waals surface area contributed by atoms with E-state index >= 15 is 0 Å². The van der Waals surface area contributed by atoms with Gasteiger partial charge >= 0.3 is 5.91 Å². The molecule has 22 heavy (non-hydrogen) atoms. The van der Waals surface area contributed by atoms with Crippen LogP contribution in [0.3, 0.4) is 0 Å². The first kappa shape index (κ1) is 16.2. The zero-order chi connectivity index (χ0) is 16.5. The molecule has 9 heteroatoms.